The predicted molar refractivity (Wildman–Crippen MR) is 76.2 cm³/mol. The van der Waals surface area contributed by atoms with Crippen LogP contribution in [-0.2, 0) is 0 Å². The normalized spacial score (nSPS) is 27.5. The summed E-state index contributed by atoms with van der Waals surface area (Å²) >= 11 is 5.90. The maximum atomic E-state index is 12.1. The fraction of sp³-hybridized carbons (Fsp3) is 0.400. The molecule has 0 aromatic heterocycles. The van der Waals surface area contributed by atoms with Gasteiger partial charge in [0.15, 0.2) is 5.78 Å². The first kappa shape index (κ1) is 12.5. The molecule has 19 heavy (non-hydrogen) atoms. The summed E-state index contributed by atoms with van der Waals surface area (Å²) in [5.74, 6) is 0.832. The Bertz CT molecular complexity index is 511. The summed E-state index contributed by atoms with van der Waals surface area (Å²) in [6, 6.07) is 8.01. The maximum Gasteiger partial charge on any atom is 0.189 e. The van der Waals surface area contributed by atoms with Gasteiger partial charge >= 0.3 is 0 Å². The van der Waals surface area contributed by atoms with Crippen molar-refractivity contribution in [2.24, 2.45) is 0 Å². The Labute approximate surface area is 118 Å². The number of fused-ring (bicyclic) bond motifs is 1. The molecule has 4 heteroatoms. The summed E-state index contributed by atoms with van der Waals surface area (Å²) in [6.07, 6.45) is 6.54. The van der Waals surface area contributed by atoms with Gasteiger partial charge in [-0.05, 0) is 25.0 Å². The van der Waals surface area contributed by atoms with E-state index in [9.17, 15) is 4.79 Å². The molecular formula is C15H17ClN2O. The Kier molecular flexibility index (Phi) is 3.47. The van der Waals surface area contributed by atoms with Gasteiger partial charge in [0.1, 0.15) is 5.82 Å². The molecule has 3 nitrogen and oxygen atoms in total. The van der Waals surface area contributed by atoms with Gasteiger partial charge in [0.25, 0.3) is 0 Å². The molecule has 0 amide bonds. The van der Waals surface area contributed by atoms with Gasteiger partial charge in [-0.2, -0.15) is 0 Å². The molecule has 1 aliphatic carbocycles. The number of ketones is 1. The molecule has 2 fully saturated rings. The third-order valence-electron chi connectivity index (χ3n) is 3.83. The molecule has 0 radical (unpaired) electrons. The largest absolute Gasteiger partial charge is 0.367 e. The van der Waals surface area contributed by atoms with Crippen LogP contribution >= 0.6 is 11.6 Å². The van der Waals surface area contributed by atoms with Gasteiger partial charge in [-0.15, -0.1) is 0 Å². The lowest BCUT2D eigenvalue weighted by Gasteiger charge is -2.23. The lowest BCUT2D eigenvalue weighted by Crippen LogP contribution is -2.36. The topological polar surface area (TPSA) is 41.1 Å². The second-order valence-corrected chi connectivity index (χ2v) is 5.66. The van der Waals surface area contributed by atoms with Gasteiger partial charge in [-0.25, -0.2) is 0 Å². The van der Waals surface area contributed by atoms with Crippen LogP contribution in [0, 0.1) is 0 Å². The van der Waals surface area contributed by atoms with Crippen LogP contribution in [0.4, 0.5) is 0 Å². The quantitative estimate of drug-likeness (QED) is 0.645. The molecular weight excluding hydrogens is 260 g/mol. The summed E-state index contributed by atoms with van der Waals surface area (Å²) < 4.78 is 0. The predicted octanol–water partition coefficient (Wildman–Crippen LogP) is 2.87. The van der Waals surface area contributed by atoms with E-state index in [0.717, 1.165) is 5.82 Å². The Morgan fingerprint density at radius 1 is 1.21 bits per heavy atom. The number of allylic oxidation sites excluding steroid dienone is 1. The van der Waals surface area contributed by atoms with Crippen LogP contribution in [-0.4, -0.2) is 17.9 Å². The minimum absolute atomic E-state index is 0.0175. The molecule has 1 aromatic rings. The van der Waals surface area contributed by atoms with Crippen LogP contribution in [0.3, 0.4) is 0 Å². The standard InChI is InChI=1S/C15H17ClN2O/c16-11-5-3-4-10(8-11)14(19)9-15-17-12-6-1-2-7-13(12)18-15/h3-5,8-9,12-13,17-18H,1-2,6-7H2/b15-9-/t12-,13+/m0/s1. The van der Waals surface area contributed by atoms with Crippen molar-refractivity contribution in [3.05, 3.63) is 46.7 Å². The number of carbonyl (C=O) groups is 1. The van der Waals surface area contributed by atoms with Crippen molar-refractivity contribution in [1.82, 2.24) is 10.6 Å². The molecule has 0 unspecified atom stereocenters. The first-order chi connectivity index (χ1) is 9.22. The fourth-order valence-electron chi connectivity index (χ4n) is 2.86. The van der Waals surface area contributed by atoms with E-state index < -0.39 is 0 Å². The minimum atomic E-state index is -0.0175. The van der Waals surface area contributed by atoms with Gasteiger partial charge in [0.2, 0.25) is 0 Å². The zero-order chi connectivity index (χ0) is 13.2. The number of hydrogen-bond donors (Lipinski definition) is 2. The monoisotopic (exact) mass is 276 g/mol. The van der Waals surface area contributed by atoms with E-state index in [1.807, 2.05) is 0 Å². The molecule has 1 heterocycles. The van der Waals surface area contributed by atoms with Crippen LogP contribution in [0.1, 0.15) is 36.0 Å². The van der Waals surface area contributed by atoms with Gasteiger partial charge in [-0.3, -0.25) is 4.79 Å². The maximum absolute atomic E-state index is 12.1. The smallest absolute Gasteiger partial charge is 0.189 e. The zero-order valence-electron chi connectivity index (χ0n) is 10.7. The second kappa shape index (κ2) is 5.25. The SMILES string of the molecule is O=C(/C=C1/N[C@H]2CCCC[C@H]2N1)c1cccc(Cl)c1. The highest BCUT2D eigenvalue weighted by Crippen LogP contribution is 2.24. The molecule has 0 spiro atoms. The van der Waals surface area contributed by atoms with Crippen molar-refractivity contribution in [1.29, 1.82) is 0 Å². The molecule has 2 N–H and O–H groups in total. The lowest BCUT2D eigenvalue weighted by molar-refractivity contribution is 0.104. The molecule has 1 aliphatic heterocycles. The molecule has 3 rings (SSSR count). The highest BCUT2D eigenvalue weighted by atomic mass is 35.5. The lowest BCUT2D eigenvalue weighted by atomic mass is 9.92. The third-order valence-corrected chi connectivity index (χ3v) is 4.07. The zero-order valence-corrected chi connectivity index (χ0v) is 11.4. The van der Waals surface area contributed by atoms with Crippen molar-refractivity contribution < 1.29 is 4.79 Å². The first-order valence-corrected chi connectivity index (χ1v) is 7.15. The Morgan fingerprint density at radius 3 is 2.53 bits per heavy atom. The third kappa shape index (κ3) is 2.76. The molecule has 100 valence electrons. The second-order valence-electron chi connectivity index (χ2n) is 5.22. The average Bonchev–Trinajstić information content (AvgIpc) is 2.80. The highest BCUT2D eigenvalue weighted by molar-refractivity contribution is 6.31. The van der Waals surface area contributed by atoms with Crippen molar-refractivity contribution in [3.8, 4) is 0 Å². The molecule has 1 saturated carbocycles. The number of benzene rings is 1. The van der Waals surface area contributed by atoms with Gasteiger partial charge in [0, 0.05) is 28.7 Å². The first-order valence-electron chi connectivity index (χ1n) is 6.77. The molecule has 1 saturated heterocycles. The molecule has 2 aliphatic rings. The minimum Gasteiger partial charge on any atom is -0.367 e. The Hall–Kier alpha value is -1.48. The fourth-order valence-corrected chi connectivity index (χ4v) is 3.05. The number of halogens is 1. The number of hydrogen-bond acceptors (Lipinski definition) is 3. The molecule has 2 atom stereocenters. The van der Waals surface area contributed by atoms with Gasteiger partial charge < -0.3 is 10.6 Å². The summed E-state index contributed by atoms with van der Waals surface area (Å²) in [5, 5.41) is 7.40. The number of rotatable bonds is 2. The summed E-state index contributed by atoms with van der Waals surface area (Å²) in [5.41, 5.74) is 0.624. The van der Waals surface area contributed by atoms with Crippen molar-refractivity contribution in [2.45, 2.75) is 37.8 Å². The van der Waals surface area contributed by atoms with E-state index in [4.69, 9.17) is 11.6 Å². The highest BCUT2D eigenvalue weighted by Gasteiger charge is 2.31. The van der Waals surface area contributed by atoms with Crippen LogP contribution in [0.15, 0.2) is 36.2 Å². The number of nitrogens with one attached hydrogen (secondary N) is 2. The van der Waals surface area contributed by atoms with Crippen LogP contribution in [0.25, 0.3) is 0 Å². The van der Waals surface area contributed by atoms with E-state index in [2.05, 4.69) is 10.6 Å². The Balaban J connectivity index is 1.74. The number of carbonyl (C=O) groups excluding carboxylic acids is 1. The van der Waals surface area contributed by atoms with E-state index in [1.165, 1.54) is 25.7 Å². The van der Waals surface area contributed by atoms with Crippen molar-refractivity contribution >= 4 is 17.4 Å². The van der Waals surface area contributed by atoms with Crippen LogP contribution < -0.4 is 10.6 Å². The van der Waals surface area contributed by atoms with Crippen molar-refractivity contribution in [3.63, 3.8) is 0 Å². The summed E-state index contributed by atoms with van der Waals surface area (Å²) in [6.45, 7) is 0. The van der Waals surface area contributed by atoms with Gasteiger partial charge in [-0.1, -0.05) is 36.6 Å². The molecule has 0 bridgehead atoms. The van der Waals surface area contributed by atoms with Crippen LogP contribution in [0.5, 0.6) is 0 Å². The van der Waals surface area contributed by atoms with E-state index in [-0.39, 0.29) is 5.78 Å². The van der Waals surface area contributed by atoms with E-state index in [0.29, 0.717) is 22.7 Å². The van der Waals surface area contributed by atoms with Crippen LogP contribution in [0.2, 0.25) is 5.02 Å². The van der Waals surface area contributed by atoms with Gasteiger partial charge in [0.05, 0.1) is 0 Å². The summed E-state index contributed by atoms with van der Waals surface area (Å²) in [7, 11) is 0. The van der Waals surface area contributed by atoms with E-state index in [1.54, 1.807) is 30.3 Å². The average molecular weight is 277 g/mol. The summed E-state index contributed by atoms with van der Waals surface area (Å²) in [4.78, 5) is 12.1. The molecule has 1 aromatic carbocycles. The Morgan fingerprint density at radius 2 is 1.89 bits per heavy atom. The van der Waals surface area contributed by atoms with E-state index >= 15 is 0 Å². The van der Waals surface area contributed by atoms with Crippen molar-refractivity contribution in [2.75, 3.05) is 0 Å².